The number of halogens is 1. The first-order valence-corrected chi connectivity index (χ1v) is 5.45. The zero-order valence-electron chi connectivity index (χ0n) is 9.94. The van der Waals surface area contributed by atoms with Crippen LogP contribution in [0.2, 0.25) is 0 Å². The number of amides is 1. The fourth-order valence-electron chi connectivity index (χ4n) is 1.38. The summed E-state index contributed by atoms with van der Waals surface area (Å²) >= 11 is 0. The summed E-state index contributed by atoms with van der Waals surface area (Å²) in [5, 5.41) is 11.0. The maximum absolute atomic E-state index is 13.2. The highest BCUT2D eigenvalue weighted by Gasteiger charge is 2.16. The van der Waals surface area contributed by atoms with Crippen LogP contribution in [-0.4, -0.2) is 23.0 Å². The van der Waals surface area contributed by atoms with E-state index >= 15 is 0 Å². The third-order valence-corrected chi connectivity index (χ3v) is 2.53. The van der Waals surface area contributed by atoms with Gasteiger partial charge in [-0.3, -0.25) is 9.59 Å². The molecule has 4 N–H and O–H groups in total. The van der Waals surface area contributed by atoms with Crippen molar-refractivity contribution in [1.82, 2.24) is 0 Å². The lowest BCUT2D eigenvalue weighted by atomic mass is 10.1. The lowest BCUT2D eigenvalue weighted by Crippen LogP contribution is -2.36. The van der Waals surface area contributed by atoms with Crippen molar-refractivity contribution in [2.45, 2.75) is 25.8 Å². The van der Waals surface area contributed by atoms with Gasteiger partial charge in [0.1, 0.15) is 5.82 Å². The van der Waals surface area contributed by atoms with Crippen molar-refractivity contribution in [2.75, 3.05) is 5.32 Å². The van der Waals surface area contributed by atoms with Crippen LogP contribution >= 0.6 is 0 Å². The summed E-state index contributed by atoms with van der Waals surface area (Å²) in [6.07, 6.45) is -0.147. The van der Waals surface area contributed by atoms with Gasteiger partial charge < -0.3 is 16.2 Å². The molecule has 0 heterocycles. The number of rotatable bonds is 5. The monoisotopic (exact) mass is 254 g/mol. The van der Waals surface area contributed by atoms with Gasteiger partial charge >= 0.3 is 5.97 Å². The quantitative estimate of drug-likeness (QED) is 0.737. The summed E-state index contributed by atoms with van der Waals surface area (Å²) in [7, 11) is 0. The van der Waals surface area contributed by atoms with Gasteiger partial charge in [0.05, 0.1) is 6.04 Å². The number of hydrogen-bond acceptors (Lipinski definition) is 3. The van der Waals surface area contributed by atoms with E-state index in [9.17, 15) is 14.0 Å². The first kappa shape index (κ1) is 14.1. The van der Waals surface area contributed by atoms with E-state index in [1.165, 1.54) is 19.1 Å². The molecular weight excluding hydrogens is 239 g/mol. The highest BCUT2D eigenvalue weighted by Crippen LogP contribution is 2.17. The molecule has 0 radical (unpaired) electrons. The first-order valence-electron chi connectivity index (χ1n) is 5.45. The highest BCUT2D eigenvalue weighted by atomic mass is 19.1. The number of carboxylic acids is 1. The topological polar surface area (TPSA) is 92.4 Å². The Hall–Kier alpha value is -1.95. The molecule has 1 unspecified atom stereocenters. The second kappa shape index (κ2) is 6.11. The molecule has 0 saturated carbocycles. The summed E-state index contributed by atoms with van der Waals surface area (Å²) in [4.78, 5) is 22.0. The average Bonchev–Trinajstić information content (AvgIpc) is 2.31. The molecule has 18 heavy (non-hydrogen) atoms. The minimum absolute atomic E-state index is 0.0372. The number of nitrogens with two attached hydrogens (primary N) is 1. The van der Waals surface area contributed by atoms with Crippen LogP contribution in [0, 0.1) is 12.7 Å². The van der Waals surface area contributed by atoms with E-state index < -0.39 is 23.7 Å². The van der Waals surface area contributed by atoms with Crippen LogP contribution in [0.25, 0.3) is 0 Å². The van der Waals surface area contributed by atoms with Crippen molar-refractivity contribution >= 4 is 17.6 Å². The van der Waals surface area contributed by atoms with Crippen molar-refractivity contribution in [3.8, 4) is 0 Å². The molecule has 0 fully saturated rings. The maximum Gasteiger partial charge on any atom is 0.303 e. The maximum atomic E-state index is 13.2. The summed E-state index contributed by atoms with van der Waals surface area (Å²) < 4.78 is 13.2. The Kier molecular flexibility index (Phi) is 4.79. The average molecular weight is 254 g/mol. The number of benzene rings is 1. The number of carbonyl (C=O) groups excluding carboxylic acids is 1. The van der Waals surface area contributed by atoms with Crippen molar-refractivity contribution in [1.29, 1.82) is 0 Å². The minimum atomic E-state index is -1.01. The Morgan fingerprint density at radius 3 is 2.78 bits per heavy atom. The number of aliphatic carboxylic acids is 1. The predicted molar refractivity (Wildman–Crippen MR) is 64.6 cm³/mol. The predicted octanol–water partition coefficient (Wildman–Crippen LogP) is 1.26. The van der Waals surface area contributed by atoms with Gasteiger partial charge in [-0.15, -0.1) is 0 Å². The lowest BCUT2D eigenvalue weighted by molar-refractivity contribution is -0.137. The van der Waals surface area contributed by atoms with Crippen LogP contribution in [-0.2, 0) is 9.59 Å². The summed E-state index contributed by atoms with van der Waals surface area (Å²) in [6.45, 7) is 1.54. The van der Waals surface area contributed by atoms with Gasteiger partial charge in [0, 0.05) is 17.7 Å². The van der Waals surface area contributed by atoms with Crippen LogP contribution in [0.1, 0.15) is 18.4 Å². The van der Waals surface area contributed by atoms with Gasteiger partial charge in [0.25, 0.3) is 0 Å². The number of hydrogen-bond donors (Lipinski definition) is 3. The molecular formula is C12H15FN2O3. The molecule has 0 bridgehead atoms. The van der Waals surface area contributed by atoms with E-state index in [2.05, 4.69) is 5.32 Å². The molecule has 1 amide bonds. The first-order chi connectivity index (χ1) is 8.41. The van der Waals surface area contributed by atoms with Crippen LogP contribution in [0.5, 0.6) is 0 Å². The summed E-state index contributed by atoms with van der Waals surface area (Å²) in [5.41, 5.74) is 6.19. The molecule has 1 rings (SSSR count). The smallest absolute Gasteiger partial charge is 0.303 e. The molecule has 0 aromatic heterocycles. The SMILES string of the molecule is Cc1c(F)cccc1NC(=O)C(N)CCC(=O)O. The number of carbonyl (C=O) groups is 2. The summed E-state index contributed by atoms with van der Waals surface area (Å²) in [6, 6.07) is 3.39. The normalized spacial score (nSPS) is 11.9. The standard InChI is InChI=1S/C12H15FN2O3/c1-7-8(13)3-2-4-10(7)15-12(18)9(14)5-6-11(16)17/h2-4,9H,5-6,14H2,1H3,(H,15,18)(H,16,17). The zero-order valence-corrected chi connectivity index (χ0v) is 9.94. The van der Waals surface area contributed by atoms with Gasteiger partial charge in [-0.1, -0.05) is 6.07 Å². The molecule has 1 aromatic carbocycles. The molecule has 1 aromatic rings. The van der Waals surface area contributed by atoms with Gasteiger partial charge in [-0.25, -0.2) is 4.39 Å². The number of carboxylic acid groups (broad SMARTS) is 1. The van der Waals surface area contributed by atoms with Gasteiger partial charge in [0.2, 0.25) is 5.91 Å². The van der Waals surface area contributed by atoms with E-state index in [0.717, 1.165) is 0 Å². The molecule has 5 nitrogen and oxygen atoms in total. The molecule has 0 saturated heterocycles. The van der Waals surface area contributed by atoms with Crippen LogP contribution in [0.4, 0.5) is 10.1 Å². The fourth-order valence-corrected chi connectivity index (χ4v) is 1.38. The lowest BCUT2D eigenvalue weighted by Gasteiger charge is -2.13. The fraction of sp³-hybridized carbons (Fsp3) is 0.333. The van der Waals surface area contributed by atoms with Crippen LogP contribution < -0.4 is 11.1 Å². The van der Waals surface area contributed by atoms with Crippen molar-refractivity contribution in [3.05, 3.63) is 29.6 Å². The van der Waals surface area contributed by atoms with Crippen molar-refractivity contribution in [2.24, 2.45) is 5.73 Å². The van der Waals surface area contributed by atoms with E-state index in [0.29, 0.717) is 11.3 Å². The van der Waals surface area contributed by atoms with E-state index in [1.54, 1.807) is 6.07 Å². The van der Waals surface area contributed by atoms with Crippen molar-refractivity contribution < 1.29 is 19.1 Å². The highest BCUT2D eigenvalue weighted by molar-refractivity contribution is 5.95. The summed E-state index contributed by atoms with van der Waals surface area (Å²) in [5.74, 6) is -1.96. The van der Waals surface area contributed by atoms with Crippen LogP contribution in [0.3, 0.4) is 0 Å². The van der Waals surface area contributed by atoms with E-state index in [-0.39, 0.29) is 12.8 Å². The van der Waals surface area contributed by atoms with E-state index in [4.69, 9.17) is 10.8 Å². The second-order valence-electron chi connectivity index (χ2n) is 3.94. The Labute approximate surface area is 104 Å². The third-order valence-electron chi connectivity index (χ3n) is 2.53. The Bertz CT molecular complexity index is 463. The molecule has 0 spiro atoms. The van der Waals surface area contributed by atoms with Crippen LogP contribution in [0.15, 0.2) is 18.2 Å². The second-order valence-corrected chi connectivity index (χ2v) is 3.94. The third kappa shape index (κ3) is 3.81. The number of nitrogens with one attached hydrogen (secondary N) is 1. The molecule has 98 valence electrons. The Morgan fingerprint density at radius 1 is 1.50 bits per heavy atom. The zero-order chi connectivity index (χ0) is 13.7. The molecule has 6 heteroatoms. The van der Waals surface area contributed by atoms with Crippen molar-refractivity contribution in [3.63, 3.8) is 0 Å². The Balaban J connectivity index is 2.64. The molecule has 1 atom stereocenters. The Morgan fingerprint density at radius 2 is 2.17 bits per heavy atom. The molecule has 0 aliphatic carbocycles. The largest absolute Gasteiger partial charge is 0.481 e. The van der Waals surface area contributed by atoms with Gasteiger partial charge in [0.15, 0.2) is 0 Å². The molecule has 0 aliphatic heterocycles. The molecule has 0 aliphatic rings. The minimum Gasteiger partial charge on any atom is -0.481 e. The van der Waals surface area contributed by atoms with Gasteiger partial charge in [-0.2, -0.15) is 0 Å². The number of anilines is 1. The van der Waals surface area contributed by atoms with Gasteiger partial charge in [-0.05, 0) is 25.5 Å². The van der Waals surface area contributed by atoms with E-state index in [1.807, 2.05) is 0 Å².